The van der Waals surface area contributed by atoms with Gasteiger partial charge in [-0.05, 0) is 26.0 Å². The van der Waals surface area contributed by atoms with E-state index in [1.54, 1.807) is 6.33 Å². The average Bonchev–Trinajstić information content (AvgIpc) is 2.62. The zero-order valence-electron chi connectivity index (χ0n) is 13.9. The van der Waals surface area contributed by atoms with Crippen molar-refractivity contribution in [2.75, 3.05) is 5.73 Å². The monoisotopic (exact) mass is 344 g/mol. The Hall–Kier alpha value is -3.41. The van der Waals surface area contributed by atoms with Gasteiger partial charge in [-0.2, -0.15) is 0 Å². The van der Waals surface area contributed by atoms with Gasteiger partial charge in [-0.15, -0.1) is 10.2 Å². The van der Waals surface area contributed by atoms with E-state index >= 15 is 0 Å². The standard InChI is InChI=1S/C19H16N6.CH4/c1-11-3-5-13(6-4-11)17-18(24-25-19(20)23-17)14-7-8-16-15(9-14)12(2)21-10-22-16;/h3-10H,1-2H3,(H2,20,23,25);1H4. The summed E-state index contributed by atoms with van der Waals surface area (Å²) in [5.74, 6) is 0.152. The summed E-state index contributed by atoms with van der Waals surface area (Å²) >= 11 is 0. The normalized spacial score (nSPS) is 10.5. The fourth-order valence-corrected chi connectivity index (χ4v) is 2.78. The first-order valence-electron chi connectivity index (χ1n) is 7.91. The predicted octanol–water partition coefficient (Wildman–Crippen LogP) is 3.98. The van der Waals surface area contributed by atoms with Crippen molar-refractivity contribution in [3.63, 3.8) is 0 Å². The van der Waals surface area contributed by atoms with Gasteiger partial charge in [-0.3, -0.25) is 0 Å². The van der Waals surface area contributed by atoms with Crippen molar-refractivity contribution in [3.05, 3.63) is 60.0 Å². The van der Waals surface area contributed by atoms with Crippen molar-refractivity contribution in [1.29, 1.82) is 0 Å². The van der Waals surface area contributed by atoms with E-state index in [0.29, 0.717) is 11.4 Å². The Balaban J connectivity index is 0.00000196. The van der Waals surface area contributed by atoms with E-state index in [2.05, 4.69) is 25.1 Å². The summed E-state index contributed by atoms with van der Waals surface area (Å²) in [6.07, 6.45) is 1.57. The van der Waals surface area contributed by atoms with Crippen LogP contribution in [-0.2, 0) is 0 Å². The molecule has 0 unspecified atom stereocenters. The first-order valence-corrected chi connectivity index (χ1v) is 7.91. The summed E-state index contributed by atoms with van der Waals surface area (Å²) < 4.78 is 0. The highest BCUT2D eigenvalue weighted by atomic mass is 15.2. The molecule has 4 rings (SSSR count). The van der Waals surface area contributed by atoms with Crippen LogP contribution in [0.4, 0.5) is 5.95 Å². The highest BCUT2D eigenvalue weighted by molar-refractivity contribution is 5.88. The van der Waals surface area contributed by atoms with E-state index in [1.807, 2.05) is 56.3 Å². The third-order valence-corrected chi connectivity index (χ3v) is 4.14. The van der Waals surface area contributed by atoms with Crippen molar-refractivity contribution < 1.29 is 0 Å². The van der Waals surface area contributed by atoms with Crippen molar-refractivity contribution in [2.24, 2.45) is 0 Å². The second-order valence-corrected chi connectivity index (χ2v) is 5.92. The van der Waals surface area contributed by atoms with Crippen LogP contribution < -0.4 is 5.73 Å². The molecule has 26 heavy (non-hydrogen) atoms. The van der Waals surface area contributed by atoms with E-state index in [0.717, 1.165) is 27.7 Å². The Morgan fingerprint density at radius 2 is 1.54 bits per heavy atom. The number of nitrogens with two attached hydrogens (primary N) is 1. The molecule has 6 heteroatoms. The summed E-state index contributed by atoms with van der Waals surface area (Å²) in [4.78, 5) is 13.0. The van der Waals surface area contributed by atoms with Gasteiger partial charge < -0.3 is 5.73 Å². The van der Waals surface area contributed by atoms with Crippen LogP contribution in [0, 0.1) is 13.8 Å². The minimum Gasteiger partial charge on any atom is -0.366 e. The number of benzene rings is 2. The number of aryl methyl sites for hydroxylation is 2. The topological polar surface area (TPSA) is 90.5 Å². The lowest BCUT2D eigenvalue weighted by Gasteiger charge is -2.09. The smallest absolute Gasteiger partial charge is 0.240 e. The number of aromatic nitrogens is 5. The third-order valence-electron chi connectivity index (χ3n) is 4.14. The van der Waals surface area contributed by atoms with Crippen LogP contribution in [0.2, 0.25) is 0 Å². The number of nitrogens with zero attached hydrogens (tertiary/aromatic N) is 5. The molecule has 0 atom stereocenters. The van der Waals surface area contributed by atoms with Crippen LogP contribution in [0.5, 0.6) is 0 Å². The largest absolute Gasteiger partial charge is 0.366 e. The number of anilines is 1. The zero-order chi connectivity index (χ0) is 17.4. The van der Waals surface area contributed by atoms with Gasteiger partial charge in [0, 0.05) is 22.2 Å². The molecule has 130 valence electrons. The Bertz CT molecular complexity index is 1070. The van der Waals surface area contributed by atoms with E-state index < -0.39 is 0 Å². The summed E-state index contributed by atoms with van der Waals surface area (Å²) in [6, 6.07) is 14.0. The molecule has 0 fully saturated rings. The van der Waals surface area contributed by atoms with Gasteiger partial charge in [-0.25, -0.2) is 15.0 Å². The lowest BCUT2D eigenvalue weighted by atomic mass is 10.0. The van der Waals surface area contributed by atoms with Gasteiger partial charge in [0.15, 0.2) is 0 Å². The van der Waals surface area contributed by atoms with Crippen LogP contribution in [0.3, 0.4) is 0 Å². The van der Waals surface area contributed by atoms with Crippen molar-refractivity contribution >= 4 is 16.9 Å². The Kier molecular flexibility index (Phi) is 4.58. The van der Waals surface area contributed by atoms with Crippen molar-refractivity contribution in [1.82, 2.24) is 25.1 Å². The molecule has 0 saturated heterocycles. The highest BCUT2D eigenvalue weighted by Crippen LogP contribution is 2.30. The molecule has 0 aliphatic carbocycles. The van der Waals surface area contributed by atoms with Crippen LogP contribution in [-0.4, -0.2) is 25.1 Å². The lowest BCUT2D eigenvalue weighted by Crippen LogP contribution is -2.02. The molecule has 4 aromatic rings. The first-order chi connectivity index (χ1) is 12.1. The number of nitrogen functional groups attached to an aromatic ring is 1. The maximum Gasteiger partial charge on any atom is 0.240 e. The van der Waals surface area contributed by atoms with Gasteiger partial charge in [0.1, 0.15) is 17.7 Å². The molecule has 2 aromatic heterocycles. The molecule has 0 spiro atoms. The molecule has 6 nitrogen and oxygen atoms in total. The van der Waals surface area contributed by atoms with Gasteiger partial charge in [0.05, 0.1) is 5.52 Å². The van der Waals surface area contributed by atoms with Crippen LogP contribution in [0.1, 0.15) is 18.7 Å². The minimum absolute atomic E-state index is 0. The fourth-order valence-electron chi connectivity index (χ4n) is 2.78. The second-order valence-electron chi connectivity index (χ2n) is 5.92. The van der Waals surface area contributed by atoms with Crippen LogP contribution in [0.25, 0.3) is 33.4 Å². The summed E-state index contributed by atoms with van der Waals surface area (Å²) in [5, 5.41) is 9.23. The molecule has 0 radical (unpaired) electrons. The Morgan fingerprint density at radius 3 is 2.31 bits per heavy atom. The van der Waals surface area contributed by atoms with Gasteiger partial charge in [0.2, 0.25) is 5.95 Å². The van der Waals surface area contributed by atoms with Gasteiger partial charge in [0.25, 0.3) is 0 Å². The zero-order valence-corrected chi connectivity index (χ0v) is 13.9. The van der Waals surface area contributed by atoms with E-state index in [4.69, 9.17) is 5.73 Å². The number of hydrogen-bond acceptors (Lipinski definition) is 6. The summed E-state index contributed by atoms with van der Waals surface area (Å²) in [7, 11) is 0. The summed E-state index contributed by atoms with van der Waals surface area (Å²) in [6.45, 7) is 4.00. The number of rotatable bonds is 2. The second kappa shape index (κ2) is 6.84. The molecule has 2 N–H and O–H groups in total. The van der Waals surface area contributed by atoms with Crippen molar-refractivity contribution in [3.8, 4) is 22.5 Å². The van der Waals surface area contributed by atoms with Gasteiger partial charge in [-0.1, -0.05) is 43.3 Å². The number of fused-ring (bicyclic) bond motifs is 1. The van der Waals surface area contributed by atoms with Crippen LogP contribution in [0.15, 0.2) is 48.8 Å². The molecular formula is C20H20N6. The molecule has 0 saturated carbocycles. The first kappa shape index (κ1) is 17.4. The maximum atomic E-state index is 5.78. The Morgan fingerprint density at radius 1 is 0.808 bits per heavy atom. The van der Waals surface area contributed by atoms with E-state index in [9.17, 15) is 0 Å². The fraction of sp³-hybridized carbons (Fsp3) is 0.150. The minimum atomic E-state index is 0. The Labute approximate surface area is 152 Å². The average molecular weight is 344 g/mol. The lowest BCUT2D eigenvalue weighted by molar-refractivity contribution is 0.997. The predicted molar refractivity (Wildman–Crippen MR) is 104 cm³/mol. The van der Waals surface area contributed by atoms with E-state index in [1.165, 1.54) is 5.56 Å². The molecule has 2 aromatic carbocycles. The molecule has 0 aliphatic heterocycles. The number of hydrogen-bond donors (Lipinski definition) is 1. The third kappa shape index (κ3) is 3.09. The molecule has 2 heterocycles. The summed E-state index contributed by atoms with van der Waals surface area (Å²) in [5.41, 5.74) is 12.0. The van der Waals surface area contributed by atoms with Crippen molar-refractivity contribution in [2.45, 2.75) is 21.3 Å². The quantitative estimate of drug-likeness (QED) is 0.591. The van der Waals surface area contributed by atoms with E-state index in [-0.39, 0.29) is 13.4 Å². The SMILES string of the molecule is C.Cc1ccc(-c2nc(N)nnc2-c2ccc3ncnc(C)c3c2)cc1. The highest BCUT2D eigenvalue weighted by Gasteiger charge is 2.14. The molecular weight excluding hydrogens is 324 g/mol. The molecule has 0 aliphatic rings. The van der Waals surface area contributed by atoms with Gasteiger partial charge >= 0.3 is 0 Å². The molecule has 0 amide bonds. The van der Waals surface area contributed by atoms with Crippen LogP contribution >= 0.6 is 0 Å². The maximum absolute atomic E-state index is 5.78. The molecule has 0 bridgehead atoms.